The summed E-state index contributed by atoms with van der Waals surface area (Å²) >= 11 is 0. The van der Waals surface area contributed by atoms with Crippen molar-refractivity contribution in [3.8, 4) is 0 Å². The molecule has 2 heterocycles. The smallest absolute Gasteiger partial charge is 0.151 e. The Morgan fingerprint density at radius 3 is 2.65 bits per heavy atom. The van der Waals surface area contributed by atoms with Crippen LogP contribution in [0.2, 0.25) is 0 Å². The molecule has 3 heteroatoms. The molecule has 2 atom stereocenters. The quantitative estimate of drug-likeness (QED) is 0.803. The van der Waals surface area contributed by atoms with Gasteiger partial charge in [0.05, 0.1) is 5.69 Å². The summed E-state index contributed by atoms with van der Waals surface area (Å²) in [6.45, 7) is 9.18. The Hall–Kier alpha value is -1.25. The fraction of sp³-hybridized carbons (Fsp3) is 0.706. The number of nitrogens with zero attached hydrogens (tertiary/aromatic N) is 2. The molecule has 2 rings (SSSR count). The second kappa shape index (κ2) is 7.51. The maximum Gasteiger partial charge on any atom is 0.151 e. The lowest BCUT2D eigenvalue weighted by atomic mass is 9.97. The second-order valence-corrected chi connectivity index (χ2v) is 6.07. The van der Waals surface area contributed by atoms with E-state index in [2.05, 4.69) is 42.0 Å². The fourth-order valence-electron chi connectivity index (χ4n) is 2.89. The van der Waals surface area contributed by atoms with Crippen molar-refractivity contribution >= 4 is 11.5 Å². The molecule has 1 saturated heterocycles. The first-order valence-electron chi connectivity index (χ1n) is 8.21. The van der Waals surface area contributed by atoms with Gasteiger partial charge in [-0.3, -0.25) is 0 Å². The molecular weight excluding hydrogens is 246 g/mol. The van der Waals surface area contributed by atoms with Crippen molar-refractivity contribution in [2.24, 2.45) is 5.92 Å². The highest BCUT2D eigenvalue weighted by atomic mass is 15.2. The molecule has 1 fully saturated rings. The standard InChI is InChI=1S/C17H29N3/c1-4-14(3)13-15(5-2)19-16-9-8-10-18-17(16)20-11-6-7-12-20/h8-10,14-15,19H,4-7,11-13H2,1-3H3. The average Bonchev–Trinajstić information content (AvgIpc) is 3.01. The maximum atomic E-state index is 4.61. The van der Waals surface area contributed by atoms with Gasteiger partial charge in [-0.05, 0) is 43.7 Å². The van der Waals surface area contributed by atoms with Crippen LogP contribution in [-0.2, 0) is 0 Å². The van der Waals surface area contributed by atoms with Gasteiger partial charge in [-0.25, -0.2) is 4.98 Å². The maximum absolute atomic E-state index is 4.61. The molecule has 20 heavy (non-hydrogen) atoms. The summed E-state index contributed by atoms with van der Waals surface area (Å²) in [7, 11) is 0. The number of rotatable bonds is 7. The molecule has 1 aliphatic rings. The first-order chi connectivity index (χ1) is 9.74. The summed E-state index contributed by atoms with van der Waals surface area (Å²) in [6, 6.07) is 4.77. The van der Waals surface area contributed by atoms with Crippen LogP contribution in [0.15, 0.2) is 18.3 Å². The lowest BCUT2D eigenvalue weighted by Crippen LogP contribution is -2.25. The number of hydrogen-bond acceptors (Lipinski definition) is 3. The number of aromatic nitrogens is 1. The van der Waals surface area contributed by atoms with Crippen LogP contribution < -0.4 is 10.2 Å². The van der Waals surface area contributed by atoms with Gasteiger partial charge >= 0.3 is 0 Å². The zero-order valence-electron chi connectivity index (χ0n) is 13.2. The highest BCUT2D eigenvalue weighted by Crippen LogP contribution is 2.28. The fourth-order valence-corrected chi connectivity index (χ4v) is 2.89. The van der Waals surface area contributed by atoms with Crippen molar-refractivity contribution < 1.29 is 0 Å². The number of hydrogen-bond donors (Lipinski definition) is 1. The average molecular weight is 275 g/mol. The van der Waals surface area contributed by atoms with Gasteiger partial charge in [-0.1, -0.05) is 27.2 Å². The van der Waals surface area contributed by atoms with E-state index in [-0.39, 0.29) is 0 Å². The topological polar surface area (TPSA) is 28.2 Å². The SMILES string of the molecule is CCC(C)CC(CC)Nc1cccnc1N1CCCC1. The van der Waals surface area contributed by atoms with Crippen LogP contribution in [0, 0.1) is 5.92 Å². The van der Waals surface area contributed by atoms with Crippen LogP contribution in [0.4, 0.5) is 11.5 Å². The zero-order valence-corrected chi connectivity index (χ0v) is 13.2. The molecular formula is C17H29N3. The molecule has 0 aliphatic carbocycles. The van der Waals surface area contributed by atoms with Crippen LogP contribution in [-0.4, -0.2) is 24.1 Å². The molecule has 0 aromatic carbocycles. The predicted molar refractivity (Wildman–Crippen MR) is 87.5 cm³/mol. The highest BCUT2D eigenvalue weighted by Gasteiger charge is 2.18. The third-order valence-electron chi connectivity index (χ3n) is 4.43. The number of anilines is 2. The van der Waals surface area contributed by atoms with E-state index in [0.29, 0.717) is 6.04 Å². The Morgan fingerprint density at radius 1 is 1.25 bits per heavy atom. The lowest BCUT2D eigenvalue weighted by molar-refractivity contribution is 0.461. The minimum atomic E-state index is 0.551. The van der Waals surface area contributed by atoms with E-state index in [1.807, 2.05) is 12.3 Å². The third-order valence-corrected chi connectivity index (χ3v) is 4.43. The van der Waals surface area contributed by atoms with Gasteiger partial charge in [0.2, 0.25) is 0 Å². The van der Waals surface area contributed by atoms with Gasteiger partial charge < -0.3 is 10.2 Å². The van der Waals surface area contributed by atoms with E-state index in [1.165, 1.54) is 37.8 Å². The van der Waals surface area contributed by atoms with Crippen LogP contribution >= 0.6 is 0 Å². The molecule has 1 aliphatic heterocycles. The predicted octanol–water partition coefficient (Wildman–Crippen LogP) is 4.31. The van der Waals surface area contributed by atoms with E-state index < -0.39 is 0 Å². The van der Waals surface area contributed by atoms with Crippen LogP contribution in [0.3, 0.4) is 0 Å². The minimum Gasteiger partial charge on any atom is -0.379 e. The first-order valence-corrected chi connectivity index (χ1v) is 8.21. The van der Waals surface area contributed by atoms with Crippen molar-refractivity contribution in [3.63, 3.8) is 0 Å². The summed E-state index contributed by atoms with van der Waals surface area (Å²) in [4.78, 5) is 7.03. The Kier molecular flexibility index (Phi) is 5.69. The number of pyridine rings is 1. The summed E-state index contributed by atoms with van der Waals surface area (Å²) in [5, 5.41) is 3.74. The molecule has 0 radical (unpaired) electrons. The summed E-state index contributed by atoms with van der Waals surface area (Å²) in [5.74, 6) is 1.92. The van der Waals surface area contributed by atoms with Crippen LogP contribution in [0.5, 0.6) is 0 Å². The van der Waals surface area contributed by atoms with E-state index in [0.717, 1.165) is 24.8 Å². The molecule has 0 saturated carbocycles. The van der Waals surface area contributed by atoms with Gasteiger partial charge in [0.15, 0.2) is 5.82 Å². The molecule has 112 valence electrons. The molecule has 0 amide bonds. The Balaban J connectivity index is 2.07. The Bertz CT molecular complexity index is 399. The summed E-state index contributed by atoms with van der Waals surface area (Å²) in [5.41, 5.74) is 1.21. The van der Waals surface area contributed by atoms with Crippen molar-refractivity contribution in [1.29, 1.82) is 0 Å². The highest BCUT2D eigenvalue weighted by molar-refractivity contribution is 5.66. The van der Waals surface area contributed by atoms with Crippen molar-refractivity contribution in [2.75, 3.05) is 23.3 Å². The van der Waals surface area contributed by atoms with Crippen molar-refractivity contribution in [2.45, 2.75) is 58.9 Å². The van der Waals surface area contributed by atoms with E-state index in [1.54, 1.807) is 0 Å². The van der Waals surface area contributed by atoms with Gasteiger partial charge in [0, 0.05) is 25.3 Å². The van der Waals surface area contributed by atoms with Gasteiger partial charge in [0.1, 0.15) is 0 Å². The monoisotopic (exact) mass is 275 g/mol. The summed E-state index contributed by atoms with van der Waals surface area (Å²) < 4.78 is 0. The molecule has 1 aromatic rings. The molecule has 1 N–H and O–H groups in total. The Morgan fingerprint density at radius 2 is 2.00 bits per heavy atom. The normalized spacial score (nSPS) is 18.1. The van der Waals surface area contributed by atoms with Gasteiger partial charge in [-0.15, -0.1) is 0 Å². The minimum absolute atomic E-state index is 0.551. The van der Waals surface area contributed by atoms with Crippen molar-refractivity contribution in [3.05, 3.63) is 18.3 Å². The number of nitrogens with one attached hydrogen (secondary N) is 1. The summed E-state index contributed by atoms with van der Waals surface area (Å²) in [6.07, 6.45) is 8.15. The molecule has 0 bridgehead atoms. The molecule has 0 spiro atoms. The van der Waals surface area contributed by atoms with Gasteiger partial charge in [0.25, 0.3) is 0 Å². The van der Waals surface area contributed by atoms with E-state index in [9.17, 15) is 0 Å². The third kappa shape index (κ3) is 3.87. The molecule has 3 nitrogen and oxygen atoms in total. The second-order valence-electron chi connectivity index (χ2n) is 6.07. The van der Waals surface area contributed by atoms with E-state index in [4.69, 9.17) is 0 Å². The zero-order chi connectivity index (χ0) is 14.4. The molecule has 2 unspecified atom stereocenters. The first kappa shape index (κ1) is 15.1. The van der Waals surface area contributed by atoms with Crippen molar-refractivity contribution in [1.82, 2.24) is 4.98 Å². The van der Waals surface area contributed by atoms with Crippen LogP contribution in [0.25, 0.3) is 0 Å². The lowest BCUT2D eigenvalue weighted by Gasteiger charge is -2.25. The van der Waals surface area contributed by atoms with E-state index >= 15 is 0 Å². The van der Waals surface area contributed by atoms with Crippen LogP contribution in [0.1, 0.15) is 52.9 Å². The Labute approximate surface area is 123 Å². The largest absolute Gasteiger partial charge is 0.379 e. The van der Waals surface area contributed by atoms with Gasteiger partial charge in [-0.2, -0.15) is 0 Å². The molecule has 1 aromatic heterocycles.